The number of benzene rings is 1. The molecule has 1 heterocycles. The molecule has 1 aromatic heterocycles. The summed E-state index contributed by atoms with van der Waals surface area (Å²) in [6.45, 7) is 1.88. The molecule has 0 fully saturated rings. The predicted octanol–water partition coefficient (Wildman–Crippen LogP) is 3.48. The topological polar surface area (TPSA) is 35.0 Å². The van der Waals surface area contributed by atoms with Gasteiger partial charge in [0.15, 0.2) is 0 Å². The number of hydrogen-bond donors (Lipinski definition) is 0. The third-order valence-electron chi connectivity index (χ3n) is 1.86. The van der Waals surface area contributed by atoms with Crippen molar-refractivity contribution in [3.8, 4) is 11.8 Å². The van der Waals surface area contributed by atoms with Gasteiger partial charge >= 0.3 is 6.01 Å². The van der Waals surface area contributed by atoms with Gasteiger partial charge in [-0.1, -0.05) is 0 Å². The van der Waals surface area contributed by atoms with Gasteiger partial charge in [-0.05, 0) is 40.5 Å². The van der Waals surface area contributed by atoms with Gasteiger partial charge in [-0.2, -0.15) is 0 Å². The van der Waals surface area contributed by atoms with E-state index < -0.39 is 0 Å². The summed E-state index contributed by atoms with van der Waals surface area (Å²) in [5.74, 6) is -0.0193. The van der Waals surface area contributed by atoms with E-state index in [1.54, 1.807) is 24.5 Å². The minimum Gasteiger partial charge on any atom is -0.424 e. The zero-order chi connectivity index (χ0) is 11.5. The Kier molecular flexibility index (Phi) is 3.14. The van der Waals surface area contributed by atoms with E-state index in [0.29, 0.717) is 10.2 Å². The van der Waals surface area contributed by atoms with Crippen LogP contribution in [0.2, 0.25) is 0 Å². The molecule has 1 aromatic carbocycles. The van der Waals surface area contributed by atoms with Crippen molar-refractivity contribution in [2.45, 2.75) is 6.92 Å². The van der Waals surface area contributed by atoms with Crippen molar-refractivity contribution in [1.29, 1.82) is 0 Å². The van der Waals surface area contributed by atoms with Crippen molar-refractivity contribution in [1.82, 2.24) is 9.97 Å². The molecule has 0 amide bonds. The van der Waals surface area contributed by atoms with Gasteiger partial charge in [0.1, 0.15) is 11.6 Å². The van der Waals surface area contributed by atoms with Gasteiger partial charge in [-0.3, -0.25) is 0 Å². The fourth-order valence-electron chi connectivity index (χ4n) is 1.08. The Bertz CT molecular complexity index is 502. The van der Waals surface area contributed by atoms with Crippen LogP contribution in [0.4, 0.5) is 4.39 Å². The molecule has 0 aliphatic rings. The van der Waals surface area contributed by atoms with Gasteiger partial charge in [-0.25, -0.2) is 14.4 Å². The summed E-state index contributed by atoms with van der Waals surface area (Å²) in [6, 6.07) is 4.68. The zero-order valence-corrected chi connectivity index (χ0v) is 10.0. The first-order valence-corrected chi connectivity index (χ1v) is 5.36. The first-order chi connectivity index (χ1) is 7.65. The second-order valence-electron chi connectivity index (χ2n) is 3.22. The normalized spacial score (nSPS) is 10.2. The van der Waals surface area contributed by atoms with Crippen LogP contribution in [-0.4, -0.2) is 9.97 Å². The number of halogens is 2. The second kappa shape index (κ2) is 4.57. The lowest BCUT2D eigenvalue weighted by atomic mass is 10.3. The maximum absolute atomic E-state index is 13.2. The molecule has 2 rings (SSSR count). The highest BCUT2D eigenvalue weighted by atomic mass is 79.9. The van der Waals surface area contributed by atoms with Crippen LogP contribution in [0.25, 0.3) is 0 Å². The standard InChI is InChI=1S/C11H8BrFN2O/c1-7-5-14-11(15-6-7)16-8-2-3-9(12)10(13)4-8/h2-6H,1H3. The molecular formula is C11H8BrFN2O. The number of aryl methyl sites for hydroxylation is 1. The van der Waals surface area contributed by atoms with Gasteiger partial charge in [0.25, 0.3) is 0 Å². The molecule has 0 aliphatic heterocycles. The number of nitrogens with zero attached hydrogens (tertiary/aromatic N) is 2. The summed E-state index contributed by atoms with van der Waals surface area (Å²) in [5, 5.41) is 0. The van der Waals surface area contributed by atoms with Crippen molar-refractivity contribution < 1.29 is 9.13 Å². The van der Waals surface area contributed by atoms with E-state index in [9.17, 15) is 4.39 Å². The first-order valence-electron chi connectivity index (χ1n) is 4.57. The molecule has 0 radical (unpaired) electrons. The minimum atomic E-state index is -0.385. The lowest BCUT2D eigenvalue weighted by Crippen LogP contribution is -1.92. The highest BCUT2D eigenvalue weighted by molar-refractivity contribution is 9.10. The average Bonchev–Trinajstić information content (AvgIpc) is 2.27. The van der Waals surface area contributed by atoms with E-state index in [-0.39, 0.29) is 11.8 Å². The predicted molar refractivity (Wildman–Crippen MR) is 60.9 cm³/mol. The fraction of sp³-hybridized carbons (Fsp3) is 0.0909. The van der Waals surface area contributed by atoms with Crippen LogP contribution >= 0.6 is 15.9 Å². The Labute approximate surface area is 100 Å². The summed E-state index contributed by atoms with van der Waals surface area (Å²) < 4.78 is 18.9. The number of rotatable bonds is 2. The largest absolute Gasteiger partial charge is 0.424 e. The second-order valence-corrected chi connectivity index (χ2v) is 4.08. The molecule has 0 saturated heterocycles. The Balaban J connectivity index is 2.20. The van der Waals surface area contributed by atoms with Crippen molar-refractivity contribution in [3.63, 3.8) is 0 Å². The van der Waals surface area contributed by atoms with Crippen LogP contribution < -0.4 is 4.74 Å². The van der Waals surface area contributed by atoms with E-state index in [1.807, 2.05) is 6.92 Å². The molecular weight excluding hydrogens is 275 g/mol. The van der Waals surface area contributed by atoms with Gasteiger partial charge in [0.2, 0.25) is 0 Å². The maximum atomic E-state index is 13.2. The number of hydrogen-bond acceptors (Lipinski definition) is 3. The van der Waals surface area contributed by atoms with Crippen LogP contribution in [0, 0.1) is 12.7 Å². The summed E-state index contributed by atoms with van der Waals surface area (Å²) in [6.07, 6.45) is 3.27. The van der Waals surface area contributed by atoms with Crippen LogP contribution in [0.1, 0.15) is 5.56 Å². The summed E-state index contributed by atoms with van der Waals surface area (Å²) in [7, 11) is 0. The third-order valence-corrected chi connectivity index (χ3v) is 2.50. The summed E-state index contributed by atoms with van der Waals surface area (Å²) >= 11 is 3.06. The molecule has 0 aliphatic carbocycles. The molecule has 3 nitrogen and oxygen atoms in total. The van der Waals surface area contributed by atoms with Crippen LogP contribution in [0.15, 0.2) is 35.1 Å². The van der Waals surface area contributed by atoms with E-state index in [1.165, 1.54) is 6.07 Å². The molecule has 2 aromatic rings. The molecule has 0 unspecified atom stereocenters. The van der Waals surface area contributed by atoms with E-state index >= 15 is 0 Å². The molecule has 82 valence electrons. The average molecular weight is 283 g/mol. The number of aromatic nitrogens is 2. The summed E-state index contributed by atoms with van der Waals surface area (Å²) in [5.41, 5.74) is 0.939. The molecule has 0 saturated carbocycles. The highest BCUT2D eigenvalue weighted by Gasteiger charge is 2.04. The Morgan fingerprint density at radius 2 is 1.94 bits per heavy atom. The Morgan fingerprint density at radius 3 is 2.56 bits per heavy atom. The first kappa shape index (κ1) is 11.0. The molecule has 16 heavy (non-hydrogen) atoms. The van der Waals surface area contributed by atoms with E-state index in [0.717, 1.165) is 5.56 Å². The van der Waals surface area contributed by atoms with Crippen LogP contribution in [-0.2, 0) is 0 Å². The minimum absolute atomic E-state index is 0.201. The maximum Gasteiger partial charge on any atom is 0.321 e. The summed E-state index contributed by atoms with van der Waals surface area (Å²) in [4.78, 5) is 7.92. The SMILES string of the molecule is Cc1cnc(Oc2ccc(Br)c(F)c2)nc1. The van der Waals surface area contributed by atoms with Gasteiger partial charge in [0, 0.05) is 18.5 Å². The van der Waals surface area contributed by atoms with Crippen molar-refractivity contribution in [2.24, 2.45) is 0 Å². The molecule has 0 bridgehead atoms. The quantitative estimate of drug-likeness (QED) is 0.846. The lowest BCUT2D eigenvalue weighted by molar-refractivity contribution is 0.437. The van der Waals surface area contributed by atoms with Crippen molar-refractivity contribution in [3.05, 3.63) is 46.4 Å². The lowest BCUT2D eigenvalue weighted by Gasteiger charge is -2.04. The highest BCUT2D eigenvalue weighted by Crippen LogP contribution is 2.23. The Morgan fingerprint density at radius 1 is 1.25 bits per heavy atom. The van der Waals surface area contributed by atoms with E-state index in [2.05, 4.69) is 25.9 Å². The number of ether oxygens (including phenoxy) is 1. The molecule has 0 atom stereocenters. The van der Waals surface area contributed by atoms with Crippen LogP contribution in [0.5, 0.6) is 11.8 Å². The van der Waals surface area contributed by atoms with Crippen LogP contribution in [0.3, 0.4) is 0 Å². The smallest absolute Gasteiger partial charge is 0.321 e. The molecule has 5 heteroatoms. The van der Waals surface area contributed by atoms with Gasteiger partial charge in [-0.15, -0.1) is 0 Å². The van der Waals surface area contributed by atoms with Crippen molar-refractivity contribution in [2.75, 3.05) is 0 Å². The van der Waals surface area contributed by atoms with Gasteiger partial charge in [0.05, 0.1) is 4.47 Å². The zero-order valence-electron chi connectivity index (χ0n) is 8.45. The molecule has 0 spiro atoms. The van der Waals surface area contributed by atoms with Crippen molar-refractivity contribution >= 4 is 15.9 Å². The fourth-order valence-corrected chi connectivity index (χ4v) is 1.33. The monoisotopic (exact) mass is 282 g/mol. The third kappa shape index (κ3) is 2.55. The van der Waals surface area contributed by atoms with Gasteiger partial charge < -0.3 is 4.74 Å². The molecule has 0 N–H and O–H groups in total. The van der Waals surface area contributed by atoms with E-state index in [4.69, 9.17) is 4.74 Å². The Hall–Kier alpha value is -1.49.